The van der Waals surface area contributed by atoms with Gasteiger partial charge in [0.15, 0.2) is 0 Å². The highest BCUT2D eigenvalue weighted by atomic mass is 19.4. The summed E-state index contributed by atoms with van der Waals surface area (Å²) in [4.78, 5) is 0. The van der Waals surface area contributed by atoms with Crippen LogP contribution in [0.25, 0.3) is 0 Å². The van der Waals surface area contributed by atoms with Crippen molar-refractivity contribution in [3.05, 3.63) is 53.4 Å². The highest BCUT2D eigenvalue weighted by Crippen LogP contribution is 2.28. The maximum absolute atomic E-state index is 13.5. The van der Waals surface area contributed by atoms with E-state index >= 15 is 0 Å². The van der Waals surface area contributed by atoms with Crippen molar-refractivity contribution in [2.75, 3.05) is 0 Å². The molecule has 0 bridgehead atoms. The fourth-order valence-electron chi connectivity index (χ4n) is 1.71. The highest BCUT2D eigenvalue weighted by molar-refractivity contribution is 5.22. The van der Waals surface area contributed by atoms with Crippen molar-refractivity contribution in [3.63, 3.8) is 0 Å². The van der Waals surface area contributed by atoms with Crippen molar-refractivity contribution >= 4 is 0 Å². The lowest BCUT2D eigenvalue weighted by Gasteiger charge is -2.13. The van der Waals surface area contributed by atoms with Crippen LogP contribution in [0.1, 0.15) is 17.2 Å². The van der Waals surface area contributed by atoms with Crippen LogP contribution < -0.4 is 5.73 Å². The van der Waals surface area contributed by atoms with Gasteiger partial charge in [-0.3, -0.25) is 4.68 Å². The molecule has 1 unspecified atom stereocenters. The fourth-order valence-corrected chi connectivity index (χ4v) is 1.71. The zero-order valence-corrected chi connectivity index (χ0v) is 10.0. The minimum Gasteiger partial charge on any atom is -0.322 e. The van der Waals surface area contributed by atoms with Crippen molar-refractivity contribution in [2.24, 2.45) is 5.73 Å². The summed E-state index contributed by atoms with van der Waals surface area (Å²) >= 11 is 0. The van der Waals surface area contributed by atoms with Gasteiger partial charge in [-0.05, 0) is 6.07 Å². The van der Waals surface area contributed by atoms with Gasteiger partial charge in [0, 0.05) is 17.8 Å². The van der Waals surface area contributed by atoms with Crippen molar-refractivity contribution in [1.82, 2.24) is 9.78 Å². The lowest BCUT2D eigenvalue weighted by Crippen LogP contribution is -2.19. The zero-order chi connectivity index (χ0) is 14.9. The minimum atomic E-state index is -4.50. The van der Waals surface area contributed by atoms with Crippen molar-refractivity contribution in [1.29, 1.82) is 0 Å². The number of benzene rings is 1. The number of aromatic nitrogens is 2. The van der Waals surface area contributed by atoms with E-state index < -0.39 is 29.4 Å². The predicted molar refractivity (Wildman–Crippen MR) is 60.5 cm³/mol. The summed E-state index contributed by atoms with van der Waals surface area (Å²) in [5.41, 5.74) is 4.79. The third-order valence-corrected chi connectivity index (χ3v) is 2.71. The van der Waals surface area contributed by atoms with Gasteiger partial charge >= 0.3 is 6.18 Å². The van der Waals surface area contributed by atoms with Gasteiger partial charge in [0.05, 0.1) is 24.3 Å². The Bertz CT molecular complexity index is 605. The number of alkyl halides is 3. The first-order valence-corrected chi connectivity index (χ1v) is 5.57. The molecule has 1 heterocycles. The van der Waals surface area contributed by atoms with E-state index in [4.69, 9.17) is 5.73 Å². The van der Waals surface area contributed by atoms with Gasteiger partial charge in [-0.25, -0.2) is 8.78 Å². The summed E-state index contributed by atoms with van der Waals surface area (Å²) < 4.78 is 64.3. The molecule has 0 spiro atoms. The Labute approximate surface area is 110 Å². The fraction of sp³-hybridized carbons (Fsp3) is 0.250. The van der Waals surface area contributed by atoms with Gasteiger partial charge in [0.1, 0.15) is 11.6 Å². The largest absolute Gasteiger partial charge is 0.419 e. The molecule has 1 aromatic heterocycles. The Morgan fingerprint density at radius 2 is 1.95 bits per heavy atom. The second-order valence-electron chi connectivity index (χ2n) is 4.22. The molecule has 0 amide bonds. The number of nitrogens with zero attached hydrogens (tertiary/aromatic N) is 2. The third kappa shape index (κ3) is 3.13. The SMILES string of the molecule is NC(Cn1cc(C(F)(F)F)cn1)c1ccc(F)cc1F. The lowest BCUT2D eigenvalue weighted by molar-refractivity contribution is -0.137. The summed E-state index contributed by atoms with van der Waals surface area (Å²) in [7, 11) is 0. The van der Waals surface area contributed by atoms with Crippen LogP contribution in [-0.4, -0.2) is 9.78 Å². The molecule has 1 atom stereocenters. The molecule has 0 aliphatic carbocycles. The summed E-state index contributed by atoms with van der Waals surface area (Å²) in [6.07, 6.45) is -3.06. The molecule has 0 aliphatic rings. The molecule has 0 fully saturated rings. The molecule has 20 heavy (non-hydrogen) atoms. The molecule has 2 rings (SSSR count). The maximum Gasteiger partial charge on any atom is 0.419 e. The number of hydrogen-bond donors (Lipinski definition) is 1. The first-order valence-electron chi connectivity index (χ1n) is 5.57. The summed E-state index contributed by atoms with van der Waals surface area (Å²) in [6.45, 7) is -0.154. The van der Waals surface area contributed by atoms with Crippen LogP contribution in [0, 0.1) is 11.6 Å². The van der Waals surface area contributed by atoms with E-state index in [2.05, 4.69) is 5.10 Å². The zero-order valence-electron chi connectivity index (χ0n) is 10.0. The van der Waals surface area contributed by atoms with E-state index in [-0.39, 0.29) is 12.1 Å². The van der Waals surface area contributed by atoms with Crippen LogP contribution in [0.3, 0.4) is 0 Å². The first-order chi connectivity index (χ1) is 9.27. The van der Waals surface area contributed by atoms with Crippen LogP contribution in [0.4, 0.5) is 22.0 Å². The van der Waals surface area contributed by atoms with E-state index in [1.807, 2.05) is 0 Å². The number of hydrogen-bond acceptors (Lipinski definition) is 2. The molecule has 2 aromatic rings. The maximum atomic E-state index is 13.5. The Hall–Kier alpha value is -1.96. The normalized spacial score (nSPS) is 13.5. The quantitative estimate of drug-likeness (QED) is 0.884. The number of halogens is 5. The topological polar surface area (TPSA) is 43.8 Å². The van der Waals surface area contributed by atoms with Gasteiger partial charge in [-0.15, -0.1) is 0 Å². The molecular formula is C12H10F5N3. The van der Waals surface area contributed by atoms with Gasteiger partial charge in [0.25, 0.3) is 0 Å². The van der Waals surface area contributed by atoms with E-state index in [1.165, 1.54) is 0 Å². The van der Waals surface area contributed by atoms with Crippen LogP contribution in [0.5, 0.6) is 0 Å². The van der Waals surface area contributed by atoms with Gasteiger partial charge in [0.2, 0.25) is 0 Å². The average Bonchev–Trinajstić information content (AvgIpc) is 2.76. The minimum absolute atomic E-state index is 0.00968. The summed E-state index contributed by atoms with van der Waals surface area (Å²) in [6, 6.07) is 1.92. The molecule has 3 nitrogen and oxygen atoms in total. The number of nitrogens with two attached hydrogens (primary N) is 1. The van der Waals surface area contributed by atoms with Crippen molar-refractivity contribution in [2.45, 2.75) is 18.8 Å². The lowest BCUT2D eigenvalue weighted by atomic mass is 10.1. The van der Waals surface area contributed by atoms with E-state index in [0.29, 0.717) is 12.3 Å². The van der Waals surface area contributed by atoms with Crippen molar-refractivity contribution < 1.29 is 22.0 Å². The predicted octanol–water partition coefficient (Wildman–Crippen LogP) is 2.88. The Morgan fingerprint density at radius 3 is 2.50 bits per heavy atom. The smallest absolute Gasteiger partial charge is 0.322 e. The molecular weight excluding hydrogens is 281 g/mol. The van der Waals surface area contributed by atoms with Gasteiger partial charge < -0.3 is 5.73 Å². The third-order valence-electron chi connectivity index (χ3n) is 2.71. The van der Waals surface area contributed by atoms with Crippen LogP contribution in [0.2, 0.25) is 0 Å². The number of rotatable bonds is 3. The Kier molecular flexibility index (Phi) is 3.76. The summed E-state index contributed by atoms with van der Waals surface area (Å²) in [5.74, 6) is -1.60. The summed E-state index contributed by atoms with van der Waals surface area (Å²) in [5, 5.41) is 3.52. The Morgan fingerprint density at radius 1 is 1.25 bits per heavy atom. The molecule has 0 saturated heterocycles. The highest BCUT2D eigenvalue weighted by Gasteiger charge is 2.32. The van der Waals surface area contributed by atoms with E-state index in [9.17, 15) is 22.0 Å². The monoisotopic (exact) mass is 291 g/mol. The molecule has 0 saturated carbocycles. The molecule has 8 heteroatoms. The molecule has 2 N–H and O–H groups in total. The van der Waals surface area contributed by atoms with Crippen LogP contribution in [0.15, 0.2) is 30.6 Å². The van der Waals surface area contributed by atoms with E-state index in [1.54, 1.807) is 0 Å². The van der Waals surface area contributed by atoms with E-state index in [0.717, 1.165) is 23.0 Å². The van der Waals surface area contributed by atoms with Crippen molar-refractivity contribution in [3.8, 4) is 0 Å². The molecule has 108 valence electrons. The van der Waals surface area contributed by atoms with Crippen LogP contribution in [-0.2, 0) is 12.7 Å². The molecule has 0 radical (unpaired) electrons. The molecule has 1 aromatic carbocycles. The first kappa shape index (κ1) is 14.4. The second kappa shape index (κ2) is 5.20. The average molecular weight is 291 g/mol. The second-order valence-corrected chi connectivity index (χ2v) is 4.22. The Balaban J connectivity index is 2.15. The standard InChI is InChI=1S/C12H10F5N3/c13-8-1-2-9(10(14)3-8)11(18)6-20-5-7(4-19-20)12(15,16)17/h1-5,11H,6,18H2. The van der Waals surface area contributed by atoms with Gasteiger partial charge in [-0.2, -0.15) is 18.3 Å². The van der Waals surface area contributed by atoms with Gasteiger partial charge in [-0.1, -0.05) is 6.07 Å². The van der Waals surface area contributed by atoms with Crippen LogP contribution >= 0.6 is 0 Å². The molecule has 0 aliphatic heterocycles.